The van der Waals surface area contributed by atoms with Gasteiger partial charge in [0.05, 0.1) is 6.20 Å². The highest BCUT2D eigenvalue weighted by atomic mass is 16.2. The Bertz CT molecular complexity index is 179. The maximum absolute atomic E-state index is 10.1. The first kappa shape index (κ1) is 4.76. The summed E-state index contributed by atoms with van der Waals surface area (Å²) in [6.45, 7) is 0. The van der Waals surface area contributed by atoms with Crippen LogP contribution in [0.1, 0.15) is 0 Å². The van der Waals surface area contributed by atoms with E-state index in [0.717, 1.165) is 4.68 Å². The summed E-state index contributed by atoms with van der Waals surface area (Å²) in [5, 5.41) is 6.48. The van der Waals surface area contributed by atoms with E-state index in [1.54, 1.807) is 0 Å². The van der Waals surface area contributed by atoms with Gasteiger partial charge in [0.25, 0.3) is 0 Å². The number of hydrogen-bond acceptors (Lipinski definition) is 3. The van der Waals surface area contributed by atoms with Crippen LogP contribution in [0.15, 0.2) is 6.20 Å². The summed E-state index contributed by atoms with van der Waals surface area (Å²) in [5.74, 6) is 0. The lowest BCUT2D eigenvalue weighted by atomic mass is 10.9. The lowest BCUT2D eigenvalue weighted by Gasteiger charge is -1.84. The molecular weight excluding hydrogens is 108 g/mol. The van der Waals surface area contributed by atoms with E-state index in [9.17, 15) is 4.79 Å². The number of nitrogens with zero attached hydrogens (tertiary/aromatic N) is 3. The second kappa shape index (κ2) is 1.61. The first-order chi connectivity index (χ1) is 3.80. The third-order valence-electron chi connectivity index (χ3n) is 0.605. The molecule has 0 atom stereocenters. The van der Waals surface area contributed by atoms with E-state index in [0.29, 0.717) is 0 Å². The molecule has 0 bridgehead atoms. The molecular formula is C3H3N4O. The van der Waals surface area contributed by atoms with Gasteiger partial charge >= 0.3 is 6.03 Å². The van der Waals surface area contributed by atoms with Crippen LogP contribution in [-0.2, 0) is 0 Å². The minimum absolute atomic E-state index is 0.654. The second-order valence-corrected chi connectivity index (χ2v) is 1.13. The summed E-state index contributed by atoms with van der Waals surface area (Å²) in [4.78, 5) is 10.1. The largest absolute Gasteiger partial charge is 0.350 e. The molecule has 8 heavy (non-hydrogen) atoms. The zero-order valence-electron chi connectivity index (χ0n) is 3.90. The Morgan fingerprint density at radius 1 is 1.88 bits per heavy atom. The number of primary amides is 1. The van der Waals surface area contributed by atoms with Gasteiger partial charge in [-0.2, -0.15) is 4.68 Å². The van der Waals surface area contributed by atoms with E-state index in [1.807, 2.05) is 0 Å². The van der Waals surface area contributed by atoms with Crippen molar-refractivity contribution in [2.24, 2.45) is 5.73 Å². The topological polar surface area (TPSA) is 73.8 Å². The third-order valence-corrected chi connectivity index (χ3v) is 0.605. The molecule has 0 saturated heterocycles. The Kier molecular flexibility index (Phi) is 0.957. The van der Waals surface area contributed by atoms with Crippen LogP contribution in [0.3, 0.4) is 0 Å². The molecule has 0 aliphatic rings. The molecule has 0 unspecified atom stereocenters. The zero-order valence-corrected chi connectivity index (χ0v) is 3.90. The van der Waals surface area contributed by atoms with Crippen LogP contribution in [0.4, 0.5) is 4.79 Å². The van der Waals surface area contributed by atoms with Gasteiger partial charge in [-0.05, 0) is 0 Å². The van der Waals surface area contributed by atoms with Crippen LogP contribution in [0, 0.1) is 6.20 Å². The molecule has 5 nitrogen and oxygen atoms in total. The van der Waals surface area contributed by atoms with Crippen LogP contribution >= 0.6 is 0 Å². The van der Waals surface area contributed by atoms with Crippen molar-refractivity contribution in [2.75, 3.05) is 0 Å². The number of carbonyl (C=O) groups excluding carboxylic acids is 1. The number of nitrogens with two attached hydrogens (primary N) is 1. The van der Waals surface area contributed by atoms with Crippen molar-refractivity contribution in [1.82, 2.24) is 15.0 Å². The zero-order chi connectivity index (χ0) is 5.98. The van der Waals surface area contributed by atoms with Gasteiger partial charge in [0.1, 0.15) is 6.20 Å². The van der Waals surface area contributed by atoms with E-state index < -0.39 is 6.03 Å². The first-order valence-electron chi connectivity index (χ1n) is 1.89. The first-order valence-corrected chi connectivity index (χ1v) is 1.89. The molecule has 0 aliphatic heterocycles. The van der Waals surface area contributed by atoms with Gasteiger partial charge in [0.15, 0.2) is 0 Å². The Labute approximate surface area is 45.1 Å². The third kappa shape index (κ3) is 0.651. The summed E-state index contributed by atoms with van der Waals surface area (Å²) in [6.07, 6.45) is 3.56. The molecule has 5 heteroatoms. The van der Waals surface area contributed by atoms with Crippen molar-refractivity contribution in [1.29, 1.82) is 0 Å². The van der Waals surface area contributed by atoms with Crippen LogP contribution in [0.5, 0.6) is 0 Å². The summed E-state index contributed by atoms with van der Waals surface area (Å²) in [6, 6.07) is -0.654. The molecule has 1 aromatic rings. The summed E-state index contributed by atoms with van der Waals surface area (Å²) in [5.41, 5.74) is 4.76. The van der Waals surface area contributed by atoms with Crippen molar-refractivity contribution >= 4 is 6.03 Å². The number of rotatable bonds is 0. The van der Waals surface area contributed by atoms with Crippen molar-refractivity contribution in [2.45, 2.75) is 0 Å². The highest BCUT2D eigenvalue weighted by molar-refractivity contribution is 5.73. The maximum Gasteiger partial charge on any atom is 0.340 e. The normalized spacial score (nSPS) is 9.00. The molecule has 1 aromatic heterocycles. The SMILES string of the molecule is NC(=O)n1c[c]nn1. The molecule has 0 saturated carbocycles. The Hall–Kier alpha value is -1.39. The quantitative estimate of drug-likeness (QED) is 0.466. The number of aromatic nitrogens is 3. The molecule has 0 aromatic carbocycles. The maximum atomic E-state index is 10.1. The van der Waals surface area contributed by atoms with Crippen molar-refractivity contribution in [3.05, 3.63) is 12.4 Å². The van der Waals surface area contributed by atoms with Gasteiger partial charge in [-0.25, -0.2) is 4.79 Å². The lowest BCUT2D eigenvalue weighted by Crippen LogP contribution is -2.19. The smallest absolute Gasteiger partial charge is 0.340 e. The summed E-state index contributed by atoms with van der Waals surface area (Å²) >= 11 is 0. The number of hydrogen-bond donors (Lipinski definition) is 1. The van der Waals surface area contributed by atoms with Crippen LogP contribution in [0.25, 0.3) is 0 Å². The van der Waals surface area contributed by atoms with Crippen molar-refractivity contribution in [3.63, 3.8) is 0 Å². The fourth-order valence-electron chi connectivity index (χ4n) is 0.288. The average molecular weight is 111 g/mol. The van der Waals surface area contributed by atoms with Gasteiger partial charge in [-0.1, -0.05) is 5.21 Å². The van der Waals surface area contributed by atoms with Gasteiger partial charge < -0.3 is 5.73 Å². The fourth-order valence-corrected chi connectivity index (χ4v) is 0.288. The average Bonchev–Trinajstić information content (AvgIpc) is 2.12. The van der Waals surface area contributed by atoms with E-state index in [4.69, 9.17) is 5.73 Å². The minimum Gasteiger partial charge on any atom is -0.350 e. The fraction of sp³-hybridized carbons (Fsp3) is 0. The number of amides is 1. The molecule has 1 radical (unpaired) electrons. The second-order valence-electron chi connectivity index (χ2n) is 1.13. The molecule has 1 rings (SSSR count). The van der Waals surface area contributed by atoms with Crippen LogP contribution in [-0.4, -0.2) is 21.0 Å². The molecule has 2 N–H and O–H groups in total. The lowest BCUT2D eigenvalue weighted by molar-refractivity contribution is 0.247. The van der Waals surface area contributed by atoms with Gasteiger partial charge in [-0.3, -0.25) is 0 Å². The van der Waals surface area contributed by atoms with Crippen LogP contribution in [0.2, 0.25) is 0 Å². The molecule has 1 heterocycles. The molecule has 1 amide bonds. The van der Waals surface area contributed by atoms with E-state index in [2.05, 4.69) is 16.5 Å². The highest BCUT2D eigenvalue weighted by Crippen LogP contribution is 1.72. The molecule has 0 fully saturated rings. The van der Waals surface area contributed by atoms with E-state index in [1.165, 1.54) is 6.20 Å². The highest BCUT2D eigenvalue weighted by Gasteiger charge is 1.93. The van der Waals surface area contributed by atoms with Crippen LogP contribution < -0.4 is 5.73 Å². The Morgan fingerprint density at radius 2 is 2.62 bits per heavy atom. The molecule has 0 aliphatic carbocycles. The van der Waals surface area contributed by atoms with Gasteiger partial charge in [0.2, 0.25) is 0 Å². The Balaban J connectivity index is 2.93. The summed E-state index contributed by atoms with van der Waals surface area (Å²) in [7, 11) is 0. The standard InChI is InChI=1S/C3H3N4O/c4-3(8)7-2-1-5-6-7/h2H,(H2,4,8). The predicted molar refractivity (Wildman–Crippen MR) is 23.8 cm³/mol. The molecule has 0 spiro atoms. The monoisotopic (exact) mass is 111 g/mol. The van der Waals surface area contributed by atoms with Gasteiger partial charge in [-0.15, -0.1) is 5.10 Å². The van der Waals surface area contributed by atoms with E-state index >= 15 is 0 Å². The molecule has 41 valence electrons. The van der Waals surface area contributed by atoms with E-state index in [-0.39, 0.29) is 0 Å². The predicted octanol–water partition coefficient (Wildman–Crippen LogP) is -0.995. The van der Waals surface area contributed by atoms with Gasteiger partial charge in [0, 0.05) is 0 Å². The van der Waals surface area contributed by atoms with Crippen molar-refractivity contribution < 1.29 is 4.79 Å². The summed E-state index contributed by atoms with van der Waals surface area (Å²) < 4.78 is 0.889. The minimum atomic E-state index is -0.654. The Morgan fingerprint density at radius 3 is 2.88 bits per heavy atom. The van der Waals surface area contributed by atoms with Crippen molar-refractivity contribution in [3.8, 4) is 0 Å². The number of carbonyl (C=O) groups is 1.